The van der Waals surface area contributed by atoms with E-state index in [4.69, 9.17) is 15.2 Å². The van der Waals surface area contributed by atoms with E-state index in [-0.39, 0.29) is 5.92 Å². The van der Waals surface area contributed by atoms with Crippen molar-refractivity contribution in [2.45, 2.75) is 39.0 Å². The molecule has 2 aromatic rings. The minimum atomic E-state index is 0.113. The Kier molecular flexibility index (Phi) is 7.07. The molecule has 0 spiro atoms. The van der Waals surface area contributed by atoms with Crippen LogP contribution in [0.15, 0.2) is 47.5 Å². The van der Waals surface area contributed by atoms with Gasteiger partial charge in [0.1, 0.15) is 5.84 Å². The van der Waals surface area contributed by atoms with Crippen LogP contribution in [0, 0.1) is 0 Å². The zero-order valence-corrected chi connectivity index (χ0v) is 16.5. The van der Waals surface area contributed by atoms with Crippen LogP contribution < -0.4 is 15.2 Å². The average molecular weight is 354 g/mol. The number of hydrogen-bond acceptors (Lipinski definition) is 3. The standard InChI is InChI=1S/C22H30N2O2/c1-15(2)18-7-9-19(10-8-18)16(3)22(23)24-13-12-17-6-11-20(25-4)21(14-17)26-5/h6-11,14-16H,12-13H2,1-5H3,(H2,23,24)/t16-/m1/s1. The fourth-order valence-corrected chi connectivity index (χ4v) is 2.83. The number of nitrogens with zero attached hydrogens (tertiary/aromatic N) is 1. The van der Waals surface area contributed by atoms with Crippen LogP contribution in [0.3, 0.4) is 0 Å². The first-order chi connectivity index (χ1) is 12.5. The number of nitrogens with two attached hydrogens (primary N) is 1. The highest BCUT2D eigenvalue weighted by molar-refractivity contribution is 5.87. The molecule has 0 saturated carbocycles. The van der Waals surface area contributed by atoms with E-state index in [1.165, 1.54) is 11.1 Å². The molecule has 2 aromatic carbocycles. The van der Waals surface area contributed by atoms with Crippen LogP contribution in [0.2, 0.25) is 0 Å². The third kappa shape index (κ3) is 5.01. The van der Waals surface area contributed by atoms with Gasteiger partial charge in [0.25, 0.3) is 0 Å². The molecule has 0 unspecified atom stereocenters. The molecule has 26 heavy (non-hydrogen) atoms. The molecule has 4 nitrogen and oxygen atoms in total. The monoisotopic (exact) mass is 354 g/mol. The summed E-state index contributed by atoms with van der Waals surface area (Å²) in [7, 11) is 3.28. The van der Waals surface area contributed by atoms with Gasteiger partial charge in [0.2, 0.25) is 0 Å². The van der Waals surface area contributed by atoms with Gasteiger partial charge in [-0.3, -0.25) is 4.99 Å². The van der Waals surface area contributed by atoms with E-state index in [1.807, 2.05) is 18.2 Å². The first-order valence-electron chi connectivity index (χ1n) is 9.06. The maximum atomic E-state index is 6.22. The van der Waals surface area contributed by atoms with Crippen molar-refractivity contribution in [1.29, 1.82) is 0 Å². The normalized spacial score (nSPS) is 12.9. The molecule has 0 amide bonds. The topological polar surface area (TPSA) is 56.8 Å². The van der Waals surface area contributed by atoms with E-state index in [0.29, 0.717) is 18.3 Å². The number of methoxy groups -OCH3 is 2. The Bertz CT molecular complexity index is 736. The molecule has 0 bridgehead atoms. The molecule has 0 aliphatic rings. The second kappa shape index (κ2) is 9.27. The summed E-state index contributed by atoms with van der Waals surface area (Å²) in [5, 5.41) is 0. The van der Waals surface area contributed by atoms with Crippen LogP contribution in [-0.2, 0) is 6.42 Å². The van der Waals surface area contributed by atoms with Gasteiger partial charge in [-0.1, -0.05) is 51.1 Å². The Morgan fingerprint density at radius 1 is 0.923 bits per heavy atom. The van der Waals surface area contributed by atoms with Gasteiger partial charge in [0.05, 0.1) is 14.2 Å². The Hall–Kier alpha value is -2.49. The van der Waals surface area contributed by atoms with Gasteiger partial charge in [0.15, 0.2) is 11.5 Å². The average Bonchev–Trinajstić information content (AvgIpc) is 2.67. The second-order valence-electron chi connectivity index (χ2n) is 6.79. The van der Waals surface area contributed by atoms with E-state index in [9.17, 15) is 0 Å². The molecular weight excluding hydrogens is 324 g/mol. The van der Waals surface area contributed by atoms with Gasteiger partial charge in [0, 0.05) is 12.5 Å². The molecule has 140 valence electrons. The first-order valence-corrected chi connectivity index (χ1v) is 9.06. The maximum Gasteiger partial charge on any atom is 0.160 e. The van der Waals surface area contributed by atoms with E-state index >= 15 is 0 Å². The smallest absolute Gasteiger partial charge is 0.160 e. The molecule has 0 fully saturated rings. The quantitative estimate of drug-likeness (QED) is 0.560. The lowest BCUT2D eigenvalue weighted by Crippen LogP contribution is -2.20. The van der Waals surface area contributed by atoms with Gasteiger partial charge in [-0.2, -0.15) is 0 Å². The zero-order chi connectivity index (χ0) is 19.1. The summed E-state index contributed by atoms with van der Waals surface area (Å²) < 4.78 is 10.6. The Morgan fingerprint density at radius 2 is 1.54 bits per heavy atom. The van der Waals surface area contributed by atoms with E-state index < -0.39 is 0 Å². The van der Waals surface area contributed by atoms with Gasteiger partial charge >= 0.3 is 0 Å². The highest BCUT2D eigenvalue weighted by Gasteiger charge is 2.10. The Morgan fingerprint density at radius 3 is 2.12 bits per heavy atom. The molecule has 0 radical (unpaired) electrons. The van der Waals surface area contributed by atoms with Crippen molar-refractivity contribution in [2.24, 2.45) is 10.7 Å². The third-order valence-corrected chi connectivity index (χ3v) is 4.69. The minimum Gasteiger partial charge on any atom is -0.493 e. The fourth-order valence-electron chi connectivity index (χ4n) is 2.83. The number of hydrogen-bond donors (Lipinski definition) is 1. The number of ether oxygens (including phenoxy) is 2. The number of rotatable bonds is 8. The summed E-state index contributed by atoms with van der Waals surface area (Å²) >= 11 is 0. The fraction of sp³-hybridized carbons (Fsp3) is 0.409. The van der Waals surface area contributed by atoms with Crippen molar-refractivity contribution in [3.63, 3.8) is 0 Å². The number of aliphatic imine (C=N–C) groups is 1. The lowest BCUT2D eigenvalue weighted by atomic mass is 9.95. The number of amidine groups is 1. The zero-order valence-electron chi connectivity index (χ0n) is 16.5. The van der Waals surface area contributed by atoms with Gasteiger partial charge in [-0.05, 0) is 41.2 Å². The summed E-state index contributed by atoms with van der Waals surface area (Å²) in [6.45, 7) is 7.14. The van der Waals surface area contributed by atoms with E-state index in [1.54, 1.807) is 14.2 Å². The molecular formula is C22H30N2O2. The molecule has 0 heterocycles. The third-order valence-electron chi connectivity index (χ3n) is 4.69. The molecule has 2 N–H and O–H groups in total. The predicted octanol–water partition coefficient (Wildman–Crippen LogP) is 4.53. The lowest BCUT2D eigenvalue weighted by Gasteiger charge is -2.13. The van der Waals surface area contributed by atoms with Crippen molar-refractivity contribution in [3.05, 3.63) is 59.2 Å². The molecule has 0 aliphatic carbocycles. The molecule has 4 heteroatoms. The van der Waals surface area contributed by atoms with Crippen LogP contribution in [0.1, 0.15) is 49.3 Å². The van der Waals surface area contributed by atoms with Crippen LogP contribution in [0.5, 0.6) is 11.5 Å². The summed E-state index contributed by atoms with van der Waals surface area (Å²) in [5.41, 5.74) is 9.90. The van der Waals surface area contributed by atoms with Gasteiger partial charge in [-0.25, -0.2) is 0 Å². The van der Waals surface area contributed by atoms with Crippen molar-refractivity contribution >= 4 is 5.84 Å². The summed E-state index contributed by atoms with van der Waals surface area (Å²) in [5.74, 6) is 2.79. The Balaban J connectivity index is 1.99. The van der Waals surface area contributed by atoms with Crippen molar-refractivity contribution < 1.29 is 9.47 Å². The van der Waals surface area contributed by atoms with Gasteiger partial charge < -0.3 is 15.2 Å². The van der Waals surface area contributed by atoms with E-state index in [0.717, 1.165) is 23.5 Å². The van der Waals surface area contributed by atoms with Crippen molar-refractivity contribution in [2.75, 3.05) is 20.8 Å². The van der Waals surface area contributed by atoms with Crippen molar-refractivity contribution in [1.82, 2.24) is 0 Å². The SMILES string of the molecule is COc1ccc(CCN=C(N)[C@H](C)c2ccc(C(C)C)cc2)cc1OC. The van der Waals surface area contributed by atoms with Crippen LogP contribution in [-0.4, -0.2) is 26.6 Å². The molecule has 2 rings (SSSR count). The highest BCUT2D eigenvalue weighted by Crippen LogP contribution is 2.27. The van der Waals surface area contributed by atoms with Crippen LogP contribution in [0.25, 0.3) is 0 Å². The number of benzene rings is 2. The second-order valence-corrected chi connectivity index (χ2v) is 6.79. The minimum absolute atomic E-state index is 0.113. The van der Waals surface area contributed by atoms with Crippen LogP contribution >= 0.6 is 0 Å². The summed E-state index contributed by atoms with van der Waals surface area (Å²) in [6.07, 6.45) is 0.806. The summed E-state index contributed by atoms with van der Waals surface area (Å²) in [4.78, 5) is 4.57. The van der Waals surface area contributed by atoms with E-state index in [2.05, 4.69) is 50.0 Å². The lowest BCUT2D eigenvalue weighted by molar-refractivity contribution is 0.354. The molecule has 0 aromatic heterocycles. The summed E-state index contributed by atoms with van der Waals surface area (Å²) in [6, 6.07) is 14.6. The molecule has 1 atom stereocenters. The first kappa shape index (κ1) is 19.8. The largest absolute Gasteiger partial charge is 0.493 e. The molecule has 0 saturated heterocycles. The Labute approximate surface area is 157 Å². The highest BCUT2D eigenvalue weighted by atomic mass is 16.5. The predicted molar refractivity (Wildman–Crippen MR) is 109 cm³/mol. The van der Waals surface area contributed by atoms with Crippen molar-refractivity contribution in [3.8, 4) is 11.5 Å². The maximum absolute atomic E-state index is 6.22. The molecule has 0 aliphatic heterocycles. The van der Waals surface area contributed by atoms with Crippen LogP contribution in [0.4, 0.5) is 0 Å². The van der Waals surface area contributed by atoms with Gasteiger partial charge in [-0.15, -0.1) is 0 Å².